The highest BCUT2D eigenvalue weighted by molar-refractivity contribution is 7.84. The Kier molecular flexibility index (Phi) is 6.38. The van der Waals surface area contributed by atoms with Crippen molar-refractivity contribution >= 4 is 27.7 Å². The van der Waals surface area contributed by atoms with E-state index in [1.807, 2.05) is 0 Å². The summed E-state index contributed by atoms with van der Waals surface area (Å²) < 4.78 is 26.0. The number of nitrogens with zero attached hydrogens (tertiary/aromatic N) is 2. The third-order valence-corrected chi connectivity index (χ3v) is 5.20. The minimum Gasteiger partial charge on any atom is -0.505 e. The van der Waals surface area contributed by atoms with Gasteiger partial charge in [-0.3, -0.25) is 18.8 Å². The summed E-state index contributed by atoms with van der Waals surface area (Å²) >= 11 is 0. The number of hydrogen-bond donors (Lipinski definition) is 2. The van der Waals surface area contributed by atoms with Crippen molar-refractivity contribution in [2.45, 2.75) is 13.0 Å². The predicted octanol–water partition coefficient (Wildman–Crippen LogP) is 1.95. The molecule has 29 heavy (non-hydrogen) atoms. The molecule has 0 saturated heterocycles. The van der Waals surface area contributed by atoms with Crippen LogP contribution in [0.25, 0.3) is 11.0 Å². The number of hydrogen-bond acceptors (Lipinski definition) is 5. The van der Waals surface area contributed by atoms with Crippen LogP contribution in [0.3, 0.4) is 0 Å². The van der Waals surface area contributed by atoms with E-state index in [-0.39, 0.29) is 30.2 Å². The lowest BCUT2D eigenvalue weighted by atomic mass is 10.1. The number of rotatable bonds is 6. The molecule has 0 spiro atoms. The number of carbonyl (C=O) groups excluding carboxylic acids is 1. The summed E-state index contributed by atoms with van der Waals surface area (Å²) in [6.07, 6.45) is 9.23. The molecule has 2 heterocycles. The Morgan fingerprint density at radius 2 is 2.21 bits per heavy atom. The first-order chi connectivity index (χ1) is 13.9. The number of aromatic nitrogens is 2. The first-order valence-corrected chi connectivity index (χ1v) is 10.6. The Labute approximate surface area is 168 Å². The van der Waals surface area contributed by atoms with Crippen LogP contribution in [0.2, 0.25) is 0 Å². The summed E-state index contributed by atoms with van der Waals surface area (Å²) in [7, 11) is -1.14. The Balaban J connectivity index is 1.95. The molecule has 1 amide bonds. The van der Waals surface area contributed by atoms with Gasteiger partial charge >= 0.3 is 0 Å². The quantitative estimate of drug-likeness (QED) is 0.748. The zero-order chi connectivity index (χ0) is 21.0. The fraction of sp³-hybridized carbons (Fsp3) is 0.250. The fourth-order valence-corrected chi connectivity index (χ4v) is 3.40. The van der Waals surface area contributed by atoms with E-state index in [1.165, 1.54) is 29.2 Å². The van der Waals surface area contributed by atoms with E-state index in [2.05, 4.69) is 10.3 Å². The molecular formula is C20H20FN3O4S. The Morgan fingerprint density at radius 3 is 2.97 bits per heavy atom. The summed E-state index contributed by atoms with van der Waals surface area (Å²) in [6.45, 7) is 0.204. The molecule has 0 fully saturated rings. The largest absolute Gasteiger partial charge is 0.505 e. The number of halogens is 1. The third kappa shape index (κ3) is 4.68. The van der Waals surface area contributed by atoms with E-state index in [0.29, 0.717) is 11.9 Å². The van der Waals surface area contributed by atoms with Gasteiger partial charge in [0.25, 0.3) is 11.5 Å². The number of allylic oxidation sites excluding steroid dienone is 5. The number of amides is 1. The molecule has 0 saturated carbocycles. The normalized spacial score (nSPS) is 14.8. The molecule has 1 atom stereocenters. The van der Waals surface area contributed by atoms with Crippen molar-refractivity contribution in [2.24, 2.45) is 0 Å². The third-order valence-electron chi connectivity index (χ3n) is 4.44. The topological polar surface area (TPSA) is 101 Å². The molecule has 7 nitrogen and oxygen atoms in total. The van der Waals surface area contributed by atoms with E-state index >= 15 is 0 Å². The molecule has 0 bridgehead atoms. The zero-order valence-corrected chi connectivity index (χ0v) is 16.5. The van der Waals surface area contributed by atoms with Crippen LogP contribution in [0.5, 0.6) is 5.75 Å². The highest BCUT2D eigenvalue weighted by atomic mass is 32.2. The molecule has 0 aromatic carbocycles. The summed E-state index contributed by atoms with van der Waals surface area (Å²) in [5.74, 6) is -1.43. The van der Waals surface area contributed by atoms with Crippen molar-refractivity contribution in [2.75, 3.05) is 18.6 Å². The summed E-state index contributed by atoms with van der Waals surface area (Å²) in [4.78, 5) is 29.7. The highest BCUT2D eigenvalue weighted by Gasteiger charge is 2.23. The monoisotopic (exact) mass is 417 g/mol. The fourth-order valence-electron chi connectivity index (χ4n) is 2.96. The highest BCUT2D eigenvalue weighted by Crippen LogP contribution is 2.24. The first-order valence-electron chi connectivity index (χ1n) is 8.89. The van der Waals surface area contributed by atoms with Crippen LogP contribution in [0.15, 0.2) is 58.8 Å². The maximum absolute atomic E-state index is 13.2. The van der Waals surface area contributed by atoms with Gasteiger partial charge in [-0.1, -0.05) is 12.2 Å². The van der Waals surface area contributed by atoms with Crippen molar-refractivity contribution in [1.82, 2.24) is 14.9 Å². The standard InChI is InChI=1S/C20H20FN3O4S/c1-29(28)11-10-24-15-6-3-9-22-17(15)18(25)16(20(24)27)19(26)23-12-13-4-2-5-14(21)8-7-13/h2-3,5-9,25H,4,10-12H2,1H3,(H,23,26). The Bertz CT molecular complexity index is 1130. The average molecular weight is 417 g/mol. The SMILES string of the molecule is CS(=O)CCn1c(=O)c(C(=O)NCC2=CC=C(F)C=CC2)c(O)c2ncccc21. The smallest absolute Gasteiger partial charge is 0.267 e. The van der Waals surface area contributed by atoms with E-state index in [4.69, 9.17) is 0 Å². The molecule has 1 aliphatic carbocycles. The molecule has 0 radical (unpaired) electrons. The van der Waals surface area contributed by atoms with Gasteiger partial charge in [0.15, 0.2) is 5.75 Å². The Hall–Kier alpha value is -3.07. The maximum atomic E-state index is 13.2. The van der Waals surface area contributed by atoms with Gasteiger partial charge in [0, 0.05) is 42.1 Å². The number of aromatic hydroxyl groups is 1. The van der Waals surface area contributed by atoms with Gasteiger partial charge in [0.2, 0.25) is 0 Å². The minimum atomic E-state index is -1.14. The van der Waals surface area contributed by atoms with Crippen molar-refractivity contribution in [3.63, 3.8) is 0 Å². The predicted molar refractivity (Wildman–Crippen MR) is 110 cm³/mol. The van der Waals surface area contributed by atoms with E-state index in [1.54, 1.807) is 24.3 Å². The maximum Gasteiger partial charge on any atom is 0.267 e. The minimum absolute atomic E-state index is 0.0884. The molecule has 2 N–H and O–H groups in total. The van der Waals surface area contributed by atoms with Gasteiger partial charge in [-0.25, -0.2) is 4.39 Å². The van der Waals surface area contributed by atoms with Gasteiger partial charge in [0.1, 0.15) is 16.9 Å². The van der Waals surface area contributed by atoms with Crippen LogP contribution in [0.1, 0.15) is 16.8 Å². The van der Waals surface area contributed by atoms with Crippen molar-refractivity contribution in [3.8, 4) is 5.75 Å². The second kappa shape index (κ2) is 8.95. The van der Waals surface area contributed by atoms with Crippen molar-refractivity contribution in [3.05, 3.63) is 70.0 Å². The lowest BCUT2D eigenvalue weighted by Gasteiger charge is -2.14. The molecule has 2 aromatic heterocycles. The van der Waals surface area contributed by atoms with Crippen LogP contribution in [0.4, 0.5) is 4.39 Å². The molecule has 1 aliphatic rings. The van der Waals surface area contributed by atoms with Crippen LogP contribution >= 0.6 is 0 Å². The molecule has 152 valence electrons. The molecule has 0 aliphatic heterocycles. The summed E-state index contributed by atoms with van der Waals surface area (Å²) in [5.41, 5.74) is 0.0912. The second-order valence-corrected chi connectivity index (χ2v) is 8.05. The molecule has 9 heteroatoms. The van der Waals surface area contributed by atoms with Gasteiger partial charge < -0.3 is 15.0 Å². The lowest BCUT2D eigenvalue weighted by Crippen LogP contribution is -2.35. The first kappa shape index (κ1) is 20.7. The van der Waals surface area contributed by atoms with Gasteiger partial charge in [0.05, 0.1) is 5.52 Å². The molecule has 3 rings (SSSR count). The van der Waals surface area contributed by atoms with E-state index in [9.17, 15) is 23.3 Å². The number of nitrogens with one attached hydrogen (secondary N) is 1. The van der Waals surface area contributed by atoms with E-state index < -0.39 is 33.6 Å². The Morgan fingerprint density at radius 1 is 1.41 bits per heavy atom. The average Bonchev–Trinajstić information content (AvgIpc) is 2.90. The van der Waals surface area contributed by atoms with Gasteiger partial charge in [-0.2, -0.15) is 0 Å². The van der Waals surface area contributed by atoms with Gasteiger partial charge in [-0.05, 0) is 36.3 Å². The number of aryl methyl sites for hydroxylation is 1. The van der Waals surface area contributed by atoms with Crippen LogP contribution in [0, 0.1) is 0 Å². The second-order valence-electron chi connectivity index (χ2n) is 6.49. The molecule has 1 unspecified atom stereocenters. The van der Waals surface area contributed by atoms with Crippen LogP contribution in [-0.2, 0) is 17.3 Å². The molecular weight excluding hydrogens is 397 g/mol. The van der Waals surface area contributed by atoms with Crippen molar-refractivity contribution in [1.29, 1.82) is 0 Å². The number of fused-ring (bicyclic) bond motifs is 1. The summed E-state index contributed by atoms with van der Waals surface area (Å²) in [6, 6.07) is 3.21. The summed E-state index contributed by atoms with van der Waals surface area (Å²) in [5, 5.41) is 13.1. The van der Waals surface area contributed by atoms with Crippen LogP contribution in [-0.4, -0.2) is 43.3 Å². The van der Waals surface area contributed by atoms with Crippen molar-refractivity contribution < 1.29 is 18.5 Å². The number of pyridine rings is 2. The van der Waals surface area contributed by atoms with E-state index in [0.717, 1.165) is 5.57 Å². The van der Waals surface area contributed by atoms with Crippen LogP contribution < -0.4 is 10.9 Å². The molecule has 2 aromatic rings. The zero-order valence-electron chi connectivity index (χ0n) is 15.7. The lowest BCUT2D eigenvalue weighted by molar-refractivity contribution is 0.0952. The number of carbonyl (C=O) groups is 1. The van der Waals surface area contributed by atoms with Gasteiger partial charge in [-0.15, -0.1) is 0 Å².